The van der Waals surface area contributed by atoms with Crippen LogP contribution >= 0.6 is 11.3 Å². The second-order valence-corrected chi connectivity index (χ2v) is 9.09. The van der Waals surface area contributed by atoms with Gasteiger partial charge in [0.2, 0.25) is 0 Å². The molecule has 2 bridgehead atoms. The molecule has 30 heavy (non-hydrogen) atoms. The number of nitrogens with zero attached hydrogens (tertiary/aromatic N) is 4. The van der Waals surface area contributed by atoms with Crippen molar-refractivity contribution in [1.29, 1.82) is 0 Å². The SMILES string of the molecule is Cc1cc(C(=O)N2CCOC3(C[C@H]4CC[C@@H](C3)N4Cc3cncs3)C2)no1.O=CO. The van der Waals surface area contributed by atoms with Gasteiger partial charge in [0.1, 0.15) is 5.76 Å². The molecule has 3 saturated heterocycles. The Kier molecular flexibility index (Phi) is 6.16. The van der Waals surface area contributed by atoms with Gasteiger partial charge >= 0.3 is 0 Å². The van der Waals surface area contributed by atoms with Crippen molar-refractivity contribution in [1.82, 2.24) is 19.9 Å². The molecule has 0 aliphatic carbocycles. The van der Waals surface area contributed by atoms with Crippen molar-refractivity contribution in [2.75, 3.05) is 19.7 Å². The molecule has 3 aliphatic heterocycles. The maximum Gasteiger partial charge on any atom is 0.290 e. The van der Waals surface area contributed by atoms with Crippen molar-refractivity contribution >= 4 is 23.7 Å². The first-order chi connectivity index (χ1) is 14.5. The van der Waals surface area contributed by atoms with Gasteiger partial charge in [-0.05, 0) is 32.6 Å². The average molecular weight is 435 g/mol. The fourth-order valence-corrected chi connectivity index (χ4v) is 5.65. The van der Waals surface area contributed by atoms with E-state index in [0.717, 1.165) is 19.4 Å². The summed E-state index contributed by atoms with van der Waals surface area (Å²) in [6.45, 7) is 4.40. The van der Waals surface area contributed by atoms with Gasteiger partial charge in [0.15, 0.2) is 5.69 Å². The maximum absolute atomic E-state index is 12.8. The highest BCUT2D eigenvalue weighted by molar-refractivity contribution is 7.09. The molecule has 3 aliphatic rings. The van der Waals surface area contributed by atoms with Gasteiger partial charge in [-0.2, -0.15) is 0 Å². The molecule has 1 N–H and O–H groups in total. The van der Waals surface area contributed by atoms with E-state index in [0.29, 0.717) is 43.2 Å². The predicted octanol–water partition coefficient (Wildman–Crippen LogP) is 2.18. The summed E-state index contributed by atoms with van der Waals surface area (Å²) >= 11 is 1.73. The number of piperidine rings is 1. The first-order valence-corrected chi connectivity index (χ1v) is 11.0. The highest BCUT2D eigenvalue weighted by atomic mass is 32.1. The lowest BCUT2D eigenvalue weighted by Gasteiger charge is -2.50. The molecule has 1 amide bonds. The van der Waals surface area contributed by atoms with E-state index >= 15 is 0 Å². The Balaban J connectivity index is 0.000000687. The minimum Gasteiger partial charge on any atom is -0.483 e. The van der Waals surface area contributed by atoms with Crippen LogP contribution in [0.5, 0.6) is 0 Å². The van der Waals surface area contributed by atoms with Gasteiger partial charge in [0.05, 0.1) is 24.3 Å². The molecule has 3 atom stereocenters. The second kappa shape index (κ2) is 8.83. The average Bonchev–Trinajstić information content (AvgIpc) is 3.45. The van der Waals surface area contributed by atoms with E-state index in [4.69, 9.17) is 19.2 Å². The molecular weight excluding hydrogens is 408 g/mol. The Bertz CT molecular complexity index is 856. The van der Waals surface area contributed by atoms with Crippen LogP contribution < -0.4 is 0 Å². The Labute approximate surface area is 178 Å². The third-order valence-corrected chi connectivity index (χ3v) is 6.96. The van der Waals surface area contributed by atoms with E-state index < -0.39 is 0 Å². The highest BCUT2D eigenvalue weighted by Gasteiger charge is 2.51. The number of aryl methyl sites for hydroxylation is 1. The van der Waals surface area contributed by atoms with Crippen molar-refractivity contribution in [3.63, 3.8) is 0 Å². The third-order valence-electron chi connectivity index (χ3n) is 6.19. The summed E-state index contributed by atoms with van der Waals surface area (Å²) in [7, 11) is 0. The standard InChI is InChI=1S/C19H24N4O3S.CH2O2/c1-13-6-17(21-26-13)18(24)22-4-5-25-19(11-22)7-14-2-3-15(8-19)23(14)10-16-9-20-12-27-16;2-1-3/h6,9,12,14-15H,2-5,7-8,10-11H2,1H3;1H,(H,2,3)/t14-,15+,19?;. The van der Waals surface area contributed by atoms with Crippen LogP contribution in [0.3, 0.4) is 0 Å². The number of hydrogen-bond donors (Lipinski definition) is 1. The molecule has 1 unspecified atom stereocenters. The van der Waals surface area contributed by atoms with Gasteiger partial charge in [0.25, 0.3) is 12.4 Å². The monoisotopic (exact) mass is 434 g/mol. The predicted molar refractivity (Wildman–Crippen MR) is 108 cm³/mol. The quantitative estimate of drug-likeness (QED) is 0.732. The van der Waals surface area contributed by atoms with Crippen LogP contribution in [0.1, 0.15) is 46.8 Å². The van der Waals surface area contributed by atoms with E-state index in [1.165, 1.54) is 17.7 Å². The zero-order valence-electron chi connectivity index (χ0n) is 16.9. The number of fused-ring (bicyclic) bond motifs is 2. The first-order valence-electron chi connectivity index (χ1n) is 10.1. The molecule has 2 aromatic heterocycles. The van der Waals surface area contributed by atoms with Crippen molar-refractivity contribution in [2.45, 2.75) is 56.8 Å². The van der Waals surface area contributed by atoms with Crippen LogP contribution in [-0.2, 0) is 16.1 Å². The first kappa shape index (κ1) is 21.0. The van der Waals surface area contributed by atoms with Gasteiger partial charge in [0, 0.05) is 42.3 Å². The van der Waals surface area contributed by atoms with E-state index in [1.807, 2.05) is 16.6 Å². The molecule has 162 valence electrons. The largest absolute Gasteiger partial charge is 0.483 e. The Morgan fingerprint density at radius 2 is 2.13 bits per heavy atom. The van der Waals surface area contributed by atoms with Gasteiger partial charge in [-0.1, -0.05) is 5.16 Å². The summed E-state index contributed by atoms with van der Waals surface area (Å²) in [4.78, 5) is 31.3. The Morgan fingerprint density at radius 1 is 1.40 bits per heavy atom. The molecule has 10 heteroatoms. The van der Waals surface area contributed by atoms with Crippen molar-refractivity contribution in [3.05, 3.63) is 34.1 Å². The number of carbonyl (C=O) groups is 2. The molecule has 0 radical (unpaired) electrons. The van der Waals surface area contributed by atoms with Crippen molar-refractivity contribution in [2.24, 2.45) is 0 Å². The van der Waals surface area contributed by atoms with E-state index in [2.05, 4.69) is 15.0 Å². The van der Waals surface area contributed by atoms with Gasteiger partial charge in [-0.25, -0.2) is 0 Å². The van der Waals surface area contributed by atoms with Gasteiger partial charge in [-0.15, -0.1) is 11.3 Å². The lowest BCUT2D eigenvalue weighted by atomic mass is 9.84. The van der Waals surface area contributed by atoms with E-state index in [1.54, 1.807) is 24.3 Å². The summed E-state index contributed by atoms with van der Waals surface area (Å²) in [6, 6.07) is 2.76. The number of morpholine rings is 1. The lowest BCUT2D eigenvalue weighted by molar-refractivity contribution is -0.143. The zero-order chi connectivity index (χ0) is 21.1. The topological polar surface area (TPSA) is 109 Å². The maximum atomic E-state index is 12.8. The van der Waals surface area contributed by atoms with Crippen LogP contribution in [0.2, 0.25) is 0 Å². The van der Waals surface area contributed by atoms with Gasteiger partial charge < -0.3 is 19.3 Å². The third kappa shape index (κ3) is 4.26. The Morgan fingerprint density at radius 3 is 2.73 bits per heavy atom. The number of rotatable bonds is 3. The summed E-state index contributed by atoms with van der Waals surface area (Å²) in [5.74, 6) is 0.615. The van der Waals surface area contributed by atoms with Crippen molar-refractivity contribution in [3.8, 4) is 0 Å². The Hall–Kier alpha value is -2.30. The smallest absolute Gasteiger partial charge is 0.290 e. The molecule has 2 aromatic rings. The molecular formula is C20H26N4O5S. The molecule has 3 fully saturated rings. The zero-order valence-corrected chi connectivity index (χ0v) is 17.7. The summed E-state index contributed by atoms with van der Waals surface area (Å²) in [5.41, 5.74) is 2.08. The fraction of sp³-hybridized carbons (Fsp3) is 0.600. The number of thiazole rings is 1. The summed E-state index contributed by atoms with van der Waals surface area (Å²) in [5, 5.41) is 10.8. The summed E-state index contributed by atoms with van der Waals surface area (Å²) in [6.07, 6.45) is 6.38. The van der Waals surface area contributed by atoms with Crippen LogP contribution in [0.25, 0.3) is 0 Å². The number of aromatic nitrogens is 2. The lowest BCUT2D eigenvalue weighted by Crippen LogP contribution is -2.60. The number of carbonyl (C=O) groups excluding carboxylic acids is 1. The summed E-state index contributed by atoms with van der Waals surface area (Å²) < 4.78 is 11.4. The number of carboxylic acid groups (broad SMARTS) is 1. The van der Waals surface area contributed by atoms with Gasteiger partial charge in [-0.3, -0.25) is 19.5 Å². The van der Waals surface area contributed by atoms with E-state index in [-0.39, 0.29) is 18.0 Å². The number of amides is 1. The highest BCUT2D eigenvalue weighted by Crippen LogP contribution is 2.44. The molecule has 9 nitrogen and oxygen atoms in total. The van der Waals surface area contributed by atoms with E-state index in [9.17, 15) is 4.79 Å². The fourth-order valence-electron chi connectivity index (χ4n) is 5.05. The molecule has 0 saturated carbocycles. The second-order valence-electron chi connectivity index (χ2n) is 8.12. The van der Waals surface area contributed by atoms with Crippen LogP contribution in [0, 0.1) is 6.92 Å². The molecule has 5 heterocycles. The van der Waals surface area contributed by atoms with Crippen LogP contribution in [0.15, 0.2) is 22.3 Å². The van der Waals surface area contributed by atoms with Crippen LogP contribution in [0.4, 0.5) is 0 Å². The van der Waals surface area contributed by atoms with Crippen molar-refractivity contribution < 1.29 is 24.0 Å². The minimum absolute atomic E-state index is 0.0473. The normalized spacial score (nSPS) is 28.2. The molecule has 1 spiro atoms. The van der Waals surface area contributed by atoms with Crippen LogP contribution in [-0.4, -0.2) is 74.8 Å². The number of ether oxygens (including phenoxy) is 1. The minimum atomic E-state index is -0.250. The number of hydrogen-bond acceptors (Lipinski definition) is 8. The molecule has 0 aromatic carbocycles. The molecule has 5 rings (SSSR count).